The summed E-state index contributed by atoms with van der Waals surface area (Å²) in [6, 6.07) is 12.1. The molecule has 1 aliphatic carbocycles. The van der Waals surface area contributed by atoms with Gasteiger partial charge in [-0.15, -0.1) is 0 Å². The van der Waals surface area contributed by atoms with Gasteiger partial charge in [0.25, 0.3) is 5.92 Å². The fourth-order valence-corrected chi connectivity index (χ4v) is 3.99. The average molecular weight is 470 g/mol. The molecule has 0 bridgehead atoms. The molecule has 9 heteroatoms. The second-order valence-corrected chi connectivity index (χ2v) is 8.59. The van der Waals surface area contributed by atoms with Crippen LogP contribution in [0.3, 0.4) is 0 Å². The minimum absolute atomic E-state index is 0.0186. The first-order valence-corrected chi connectivity index (χ1v) is 11.0. The Bertz CT molecular complexity index is 905. The van der Waals surface area contributed by atoms with Crippen LogP contribution in [0, 0.1) is 5.82 Å². The molecule has 0 saturated heterocycles. The van der Waals surface area contributed by atoms with E-state index >= 15 is 0 Å². The van der Waals surface area contributed by atoms with Crippen LogP contribution in [-0.4, -0.2) is 61.2 Å². The maximum atomic E-state index is 13.8. The predicted octanol–water partition coefficient (Wildman–Crippen LogP) is 1.63. The number of alkyl halides is 2. The van der Waals surface area contributed by atoms with Crippen molar-refractivity contribution in [3.8, 4) is 11.5 Å². The molecule has 1 aliphatic rings. The lowest BCUT2D eigenvalue weighted by Crippen LogP contribution is -2.83. The molecule has 1 saturated carbocycles. The minimum atomic E-state index is -2.78. The number of aliphatic hydroxyl groups excluding tert-OH is 2. The molecule has 0 spiro atoms. The fraction of sp³-hybridized carbons (Fsp3) is 0.500. The molecule has 0 aromatic heterocycles. The number of methoxy groups -OCH3 is 1. The first-order chi connectivity index (χ1) is 15.8. The lowest BCUT2D eigenvalue weighted by Gasteiger charge is -2.47. The highest BCUT2D eigenvalue weighted by Gasteiger charge is 2.56. The van der Waals surface area contributed by atoms with Crippen molar-refractivity contribution in [3.05, 3.63) is 59.4 Å². The number of nitrogens with two attached hydrogens (primary N) is 1. The van der Waals surface area contributed by atoms with E-state index in [0.29, 0.717) is 36.6 Å². The van der Waals surface area contributed by atoms with E-state index < -0.39 is 37.0 Å². The van der Waals surface area contributed by atoms with Crippen LogP contribution < -0.4 is 20.1 Å². The summed E-state index contributed by atoms with van der Waals surface area (Å²) in [4.78, 5) is 0. The first-order valence-electron chi connectivity index (χ1n) is 11.0. The van der Waals surface area contributed by atoms with Gasteiger partial charge < -0.3 is 30.3 Å². The number of hydrogen-bond donors (Lipinski definition) is 4. The Labute approximate surface area is 191 Å². The van der Waals surface area contributed by atoms with Gasteiger partial charge in [-0.3, -0.25) is 0 Å². The molecule has 0 aliphatic heterocycles. The second-order valence-electron chi connectivity index (χ2n) is 8.59. The van der Waals surface area contributed by atoms with E-state index in [-0.39, 0.29) is 19.0 Å². The molecule has 33 heavy (non-hydrogen) atoms. The molecule has 5 N–H and O–H groups in total. The Balaban J connectivity index is 1.49. The maximum absolute atomic E-state index is 13.8. The molecule has 1 fully saturated rings. The standard InChI is InChI=1S/C24H31F3N2O4/c1-32-20-7-6-18(11-28-9-8-17-4-2-3-5-21(17)25)22(10-20)33-13-19(31)12-29-23(16-30)14-24(26,27)15-23/h2-7,10,19,28-31H,8-9,11-16H2,1H3/p+1. The van der Waals surface area contributed by atoms with Gasteiger partial charge in [0.1, 0.15) is 36.6 Å². The van der Waals surface area contributed by atoms with Crippen LogP contribution >= 0.6 is 0 Å². The molecule has 0 amide bonds. The molecule has 6 nitrogen and oxygen atoms in total. The van der Waals surface area contributed by atoms with Crippen LogP contribution in [-0.2, 0) is 13.0 Å². The lowest BCUT2D eigenvalue weighted by atomic mass is 9.74. The molecule has 1 unspecified atom stereocenters. The van der Waals surface area contributed by atoms with Gasteiger partial charge in [-0.1, -0.05) is 18.2 Å². The molecule has 2 aromatic rings. The lowest BCUT2D eigenvalue weighted by molar-refractivity contribution is -0.670. The van der Waals surface area contributed by atoms with Crippen molar-refractivity contribution in [2.45, 2.75) is 43.4 Å². The number of ether oxygens (including phenoxy) is 2. The van der Waals surface area contributed by atoms with E-state index in [1.807, 2.05) is 23.5 Å². The van der Waals surface area contributed by atoms with Crippen molar-refractivity contribution in [2.24, 2.45) is 0 Å². The van der Waals surface area contributed by atoms with Crippen molar-refractivity contribution in [1.82, 2.24) is 5.32 Å². The van der Waals surface area contributed by atoms with Crippen molar-refractivity contribution in [2.75, 3.05) is 33.4 Å². The van der Waals surface area contributed by atoms with Gasteiger partial charge in [-0.05, 0) is 23.8 Å². The molecular weight excluding hydrogens is 437 g/mol. The largest absolute Gasteiger partial charge is 0.497 e. The zero-order valence-electron chi connectivity index (χ0n) is 18.7. The zero-order chi connectivity index (χ0) is 23.9. The number of nitrogens with one attached hydrogen (secondary N) is 1. The fourth-order valence-electron chi connectivity index (χ4n) is 3.99. The average Bonchev–Trinajstić information content (AvgIpc) is 2.78. The molecule has 3 rings (SSSR count). The molecule has 1 atom stereocenters. The van der Waals surface area contributed by atoms with Crippen LogP contribution in [0.2, 0.25) is 0 Å². The van der Waals surface area contributed by atoms with Gasteiger partial charge >= 0.3 is 0 Å². The molecule has 2 aromatic carbocycles. The van der Waals surface area contributed by atoms with Crippen molar-refractivity contribution in [1.29, 1.82) is 0 Å². The number of benzene rings is 2. The van der Waals surface area contributed by atoms with E-state index in [4.69, 9.17) is 9.47 Å². The van der Waals surface area contributed by atoms with Crippen LogP contribution in [0.4, 0.5) is 13.2 Å². The number of rotatable bonds is 13. The van der Waals surface area contributed by atoms with Gasteiger partial charge in [0.05, 0.1) is 25.8 Å². The number of aliphatic hydroxyl groups is 2. The summed E-state index contributed by atoms with van der Waals surface area (Å²) < 4.78 is 51.2. The Morgan fingerprint density at radius 1 is 1.15 bits per heavy atom. The Hall–Kier alpha value is -2.33. The van der Waals surface area contributed by atoms with E-state index in [0.717, 1.165) is 5.56 Å². The van der Waals surface area contributed by atoms with E-state index in [1.54, 1.807) is 25.3 Å². The van der Waals surface area contributed by atoms with Crippen LogP contribution in [0.15, 0.2) is 42.5 Å². The van der Waals surface area contributed by atoms with E-state index in [9.17, 15) is 23.4 Å². The van der Waals surface area contributed by atoms with Crippen molar-refractivity contribution < 1.29 is 38.2 Å². The summed E-state index contributed by atoms with van der Waals surface area (Å²) in [5, 5.41) is 24.6. The highest BCUT2D eigenvalue weighted by molar-refractivity contribution is 5.40. The number of quaternary nitrogens is 1. The molecule has 182 valence electrons. The third-order valence-corrected chi connectivity index (χ3v) is 5.85. The summed E-state index contributed by atoms with van der Waals surface area (Å²) >= 11 is 0. The van der Waals surface area contributed by atoms with Crippen molar-refractivity contribution >= 4 is 0 Å². The summed E-state index contributed by atoms with van der Waals surface area (Å²) in [6.07, 6.45) is -1.26. The summed E-state index contributed by atoms with van der Waals surface area (Å²) in [5.74, 6) is -1.85. The highest BCUT2D eigenvalue weighted by atomic mass is 19.3. The van der Waals surface area contributed by atoms with E-state index in [1.165, 1.54) is 6.07 Å². The maximum Gasteiger partial charge on any atom is 0.251 e. The molecule has 0 radical (unpaired) electrons. The Morgan fingerprint density at radius 3 is 2.58 bits per heavy atom. The normalized spacial score (nSPS) is 17.3. The van der Waals surface area contributed by atoms with Crippen LogP contribution in [0.5, 0.6) is 11.5 Å². The van der Waals surface area contributed by atoms with Gasteiger partial charge in [0.2, 0.25) is 0 Å². The zero-order valence-corrected chi connectivity index (χ0v) is 18.7. The quantitative estimate of drug-likeness (QED) is 0.335. The van der Waals surface area contributed by atoms with Gasteiger partial charge in [-0.2, -0.15) is 0 Å². The molecule has 0 heterocycles. The number of halogens is 3. The number of β-amino-alcohol motifs (C(OH)–C–C–N with tert-alkyl or cyclic N) is 1. The van der Waals surface area contributed by atoms with E-state index in [2.05, 4.69) is 5.32 Å². The SMILES string of the molecule is COc1ccc(C[NH2+]CCc2ccccc2F)c(OCC(O)CNC2(CO)CC(F)(F)C2)c1. The monoisotopic (exact) mass is 469 g/mol. The van der Waals surface area contributed by atoms with Crippen LogP contribution in [0.25, 0.3) is 0 Å². The summed E-state index contributed by atoms with van der Waals surface area (Å²) in [5.41, 5.74) is 0.495. The first kappa shape index (κ1) is 25.3. The second kappa shape index (κ2) is 11.2. The predicted molar refractivity (Wildman–Crippen MR) is 117 cm³/mol. The smallest absolute Gasteiger partial charge is 0.251 e. The Morgan fingerprint density at radius 2 is 1.91 bits per heavy atom. The summed E-state index contributed by atoms with van der Waals surface area (Å²) in [6.45, 7) is 0.821. The van der Waals surface area contributed by atoms with Gasteiger partial charge in [0, 0.05) is 37.4 Å². The third kappa shape index (κ3) is 7.07. The topological polar surface area (TPSA) is 87.6 Å². The highest BCUT2D eigenvalue weighted by Crippen LogP contribution is 2.45. The molecular formula is C24H32F3N2O4+. The van der Waals surface area contributed by atoms with Gasteiger partial charge in [-0.25, -0.2) is 13.2 Å². The Kier molecular flexibility index (Phi) is 8.58. The summed E-state index contributed by atoms with van der Waals surface area (Å²) in [7, 11) is 1.54. The van der Waals surface area contributed by atoms with Gasteiger partial charge in [0.15, 0.2) is 0 Å². The third-order valence-electron chi connectivity index (χ3n) is 5.85. The minimum Gasteiger partial charge on any atom is -0.497 e. The van der Waals surface area contributed by atoms with Crippen molar-refractivity contribution in [3.63, 3.8) is 0 Å². The van der Waals surface area contributed by atoms with Crippen LogP contribution in [0.1, 0.15) is 24.0 Å². The number of hydrogen-bond acceptors (Lipinski definition) is 5.